The first-order valence-corrected chi connectivity index (χ1v) is 10.6. The summed E-state index contributed by atoms with van der Waals surface area (Å²) in [5, 5.41) is 3.90. The number of hydrogen-bond donors (Lipinski definition) is 2. The van der Waals surface area contributed by atoms with Crippen LogP contribution in [-0.2, 0) is 4.79 Å². The van der Waals surface area contributed by atoms with Gasteiger partial charge in [-0.3, -0.25) is 9.59 Å². The van der Waals surface area contributed by atoms with Gasteiger partial charge in [-0.25, -0.2) is 4.39 Å². The zero-order valence-electron chi connectivity index (χ0n) is 16.5. The standard InChI is InChI=1S/C20H14Cl4F4N2O3/c1-33-16-10(17(31)29-7-19(26,27)28)5-9(6-12(16)22)30-18(32)15-14(20(15,23)24)8-2-3-13(25)11(21)4-8/h2-6,14-15H,7H2,1H3,(H,29,31)(H,30,32)/t14-,15+/m0/s1. The summed E-state index contributed by atoms with van der Waals surface area (Å²) in [6, 6.07) is 6.16. The van der Waals surface area contributed by atoms with E-state index in [4.69, 9.17) is 51.1 Å². The van der Waals surface area contributed by atoms with Gasteiger partial charge in [-0.05, 0) is 29.8 Å². The Morgan fingerprint density at radius 1 is 1.12 bits per heavy atom. The van der Waals surface area contributed by atoms with Crippen molar-refractivity contribution in [2.75, 3.05) is 19.0 Å². The minimum absolute atomic E-state index is 0.00474. The third-order valence-corrected chi connectivity index (χ3v) is 6.36. The van der Waals surface area contributed by atoms with Crippen molar-refractivity contribution in [3.8, 4) is 5.75 Å². The largest absolute Gasteiger partial charge is 0.494 e. The molecule has 2 atom stereocenters. The summed E-state index contributed by atoms with van der Waals surface area (Å²) in [5.41, 5.74) is 0.103. The van der Waals surface area contributed by atoms with Crippen molar-refractivity contribution in [3.05, 3.63) is 57.3 Å². The third kappa shape index (κ3) is 5.59. The van der Waals surface area contributed by atoms with Gasteiger partial charge in [0.15, 0.2) is 0 Å². The van der Waals surface area contributed by atoms with Crippen LogP contribution in [0.3, 0.4) is 0 Å². The van der Waals surface area contributed by atoms with Crippen LogP contribution in [0.4, 0.5) is 23.2 Å². The van der Waals surface area contributed by atoms with E-state index in [-0.39, 0.29) is 27.0 Å². The lowest BCUT2D eigenvalue weighted by Crippen LogP contribution is -2.34. The lowest BCUT2D eigenvalue weighted by Gasteiger charge is -2.14. The third-order valence-electron chi connectivity index (χ3n) is 4.85. The quantitative estimate of drug-likeness (QED) is 0.346. The summed E-state index contributed by atoms with van der Waals surface area (Å²) in [6.07, 6.45) is -4.63. The minimum Gasteiger partial charge on any atom is -0.494 e. The first-order chi connectivity index (χ1) is 15.3. The molecule has 0 bridgehead atoms. The van der Waals surface area contributed by atoms with Gasteiger partial charge in [0, 0.05) is 11.6 Å². The molecule has 178 valence electrons. The van der Waals surface area contributed by atoms with Crippen LogP contribution in [0.1, 0.15) is 21.8 Å². The highest BCUT2D eigenvalue weighted by Crippen LogP contribution is 2.65. The lowest BCUT2D eigenvalue weighted by atomic mass is 10.1. The molecule has 1 saturated carbocycles. The van der Waals surface area contributed by atoms with Crippen LogP contribution in [0.5, 0.6) is 5.75 Å². The Bertz CT molecular complexity index is 1110. The van der Waals surface area contributed by atoms with Gasteiger partial charge in [0.1, 0.15) is 22.4 Å². The number of ether oxygens (including phenoxy) is 1. The van der Waals surface area contributed by atoms with E-state index >= 15 is 0 Å². The van der Waals surface area contributed by atoms with Gasteiger partial charge in [0.2, 0.25) is 5.91 Å². The predicted octanol–water partition coefficient (Wildman–Crippen LogP) is 5.96. The highest BCUT2D eigenvalue weighted by Gasteiger charge is 2.67. The molecule has 0 heterocycles. The summed E-state index contributed by atoms with van der Waals surface area (Å²) in [5.74, 6) is -4.28. The summed E-state index contributed by atoms with van der Waals surface area (Å²) in [4.78, 5) is 25.1. The molecular weight excluding hydrogens is 534 g/mol. The van der Waals surface area contributed by atoms with Crippen molar-refractivity contribution >= 4 is 63.9 Å². The molecule has 5 nitrogen and oxygen atoms in total. The minimum atomic E-state index is -4.63. The van der Waals surface area contributed by atoms with Crippen molar-refractivity contribution in [2.45, 2.75) is 16.4 Å². The molecule has 0 unspecified atom stereocenters. The second-order valence-electron chi connectivity index (χ2n) is 7.13. The number of nitrogens with one attached hydrogen (secondary N) is 2. The van der Waals surface area contributed by atoms with E-state index in [2.05, 4.69) is 5.32 Å². The number of methoxy groups -OCH3 is 1. The van der Waals surface area contributed by atoms with Crippen molar-refractivity contribution in [1.82, 2.24) is 5.32 Å². The predicted molar refractivity (Wildman–Crippen MR) is 117 cm³/mol. The Morgan fingerprint density at radius 3 is 2.36 bits per heavy atom. The number of halogens is 8. The van der Waals surface area contributed by atoms with Gasteiger partial charge in [-0.15, -0.1) is 23.2 Å². The number of alkyl halides is 5. The van der Waals surface area contributed by atoms with Crippen molar-refractivity contribution in [2.24, 2.45) is 5.92 Å². The van der Waals surface area contributed by atoms with E-state index in [0.717, 1.165) is 12.1 Å². The van der Waals surface area contributed by atoms with E-state index < -0.39 is 46.5 Å². The highest BCUT2D eigenvalue weighted by atomic mass is 35.5. The average molecular weight is 548 g/mol. The zero-order valence-corrected chi connectivity index (χ0v) is 19.5. The monoisotopic (exact) mass is 546 g/mol. The van der Waals surface area contributed by atoms with Gasteiger partial charge in [-0.2, -0.15) is 13.2 Å². The smallest absolute Gasteiger partial charge is 0.405 e. The molecule has 2 aromatic rings. The number of amides is 2. The van der Waals surface area contributed by atoms with Gasteiger partial charge in [-0.1, -0.05) is 29.3 Å². The Kier molecular flexibility index (Phi) is 7.29. The fourth-order valence-electron chi connectivity index (χ4n) is 3.31. The molecule has 3 rings (SSSR count). The van der Waals surface area contributed by atoms with Gasteiger partial charge < -0.3 is 15.4 Å². The second kappa shape index (κ2) is 9.37. The van der Waals surface area contributed by atoms with E-state index in [1.54, 1.807) is 5.32 Å². The molecule has 2 amide bonds. The van der Waals surface area contributed by atoms with E-state index in [0.29, 0.717) is 5.56 Å². The van der Waals surface area contributed by atoms with Crippen LogP contribution in [0.25, 0.3) is 0 Å². The van der Waals surface area contributed by atoms with E-state index in [1.165, 1.54) is 25.3 Å². The maximum atomic E-state index is 13.4. The number of benzene rings is 2. The molecule has 1 fully saturated rings. The molecule has 0 radical (unpaired) electrons. The fourth-order valence-corrected chi connectivity index (χ4v) is 4.62. The van der Waals surface area contributed by atoms with Gasteiger partial charge in [0.25, 0.3) is 5.91 Å². The molecule has 1 aliphatic carbocycles. The Morgan fingerprint density at radius 2 is 1.79 bits per heavy atom. The average Bonchev–Trinajstić information content (AvgIpc) is 3.29. The molecule has 33 heavy (non-hydrogen) atoms. The summed E-state index contributed by atoms with van der Waals surface area (Å²) >= 11 is 24.4. The van der Waals surface area contributed by atoms with Crippen LogP contribution < -0.4 is 15.4 Å². The second-order valence-corrected chi connectivity index (χ2v) is 9.39. The van der Waals surface area contributed by atoms with Crippen LogP contribution in [0.15, 0.2) is 30.3 Å². The van der Waals surface area contributed by atoms with E-state index in [9.17, 15) is 27.2 Å². The maximum Gasteiger partial charge on any atom is 0.405 e. The lowest BCUT2D eigenvalue weighted by molar-refractivity contribution is -0.123. The van der Waals surface area contributed by atoms with Gasteiger partial charge in [0.05, 0.1) is 28.6 Å². The van der Waals surface area contributed by atoms with Crippen LogP contribution in [-0.4, -0.2) is 36.0 Å². The number of carbonyl (C=O) groups is 2. The molecule has 2 N–H and O–H groups in total. The fraction of sp³-hybridized carbons (Fsp3) is 0.300. The first-order valence-electron chi connectivity index (χ1n) is 9.12. The van der Waals surface area contributed by atoms with Crippen LogP contribution in [0, 0.1) is 11.7 Å². The molecule has 0 spiro atoms. The summed E-state index contributed by atoms with van der Waals surface area (Å²) in [6.45, 7) is -1.58. The SMILES string of the molecule is COc1c(Cl)cc(NC(=O)[C@H]2[C@H](c3ccc(F)c(Cl)c3)C2(Cl)Cl)cc1C(=O)NCC(F)(F)F. The van der Waals surface area contributed by atoms with Crippen LogP contribution >= 0.6 is 46.4 Å². The number of rotatable bonds is 6. The Balaban J connectivity index is 1.82. The molecule has 0 aliphatic heterocycles. The normalized spacial score (nSPS) is 19.1. The maximum absolute atomic E-state index is 13.4. The van der Waals surface area contributed by atoms with E-state index in [1.807, 2.05) is 0 Å². The van der Waals surface area contributed by atoms with Crippen molar-refractivity contribution in [3.63, 3.8) is 0 Å². The zero-order chi connectivity index (χ0) is 24.7. The molecular formula is C20H14Cl4F4N2O3. The molecule has 2 aromatic carbocycles. The molecule has 13 heteroatoms. The topological polar surface area (TPSA) is 67.4 Å². The van der Waals surface area contributed by atoms with Gasteiger partial charge >= 0.3 is 6.18 Å². The Labute approximate surface area is 205 Å². The summed E-state index contributed by atoms with van der Waals surface area (Å²) in [7, 11) is 1.18. The molecule has 1 aliphatic rings. The first kappa shape index (κ1) is 25.7. The number of anilines is 1. The number of carbonyl (C=O) groups excluding carboxylic acids is 2. The Hall–Kier alpha value is -1.94. The van der Waals surface area contributed by atoms with Crippen LogP contribution in [0.2, 0.25) is 10.0 Å². The summed E-state index contributed by atoms with van der Waals surface area (Å²) < 4.78 is 54.3. The van der Waals surface area contributed by atoms with Crippen molar-refractivity contribution in [1.29, 1.82) is 0 Å². The van der Waals surface area contributed by atoms with Crippen molar-refractivity contribution < 1.29 is 31.9 Å². The molecule has 0 aromatic heterocycles. The highest BCUT2D eigenvalue weighted by molar-refractivity contribution is 6.53. The number of hydrogen-bond acceptors (Lipinski definition) is 3. The molecule has 0 saturated heterocycles.